The van der Waals surface area contributed by atoms with E-state index in [1.807, 2.05) is 18.2 Å². The van der Waals surface area contributed by atoms with Gasteiger partial charge in [0.15, 0.2) is 5.78 Å². The highest BCUT2D eigenvalue weighted by atomic mass is 32.2. The summed E-state index contributed by atoms with van der Waals surface area (Å²) in [6, 6.07) is 9.40. The molecule has 1 saturated carbocycles. The summed E-state index contributed by atoms with van der Waals surface area (Å²) in [7, 11) is -3.88. The van der Waals surface area contributed by atoms with Crippen molar-refractivity contribution in [1.82, 2.24) is 11.5 Å². The van der Waals surface area contributed by atoms with Gasteiger partial charge in [-0.3, -0.25) is 9.35 Å². The smallest absolute Gasteiger partial charge is 0.265 e. The van der Waals surface area contributed by atoms with Gasteiger partial charge in [-0.2, -0.15) is 8.42 Å². The molecule has 124 valence electrons. The van der Waals surface area contributed by atoms with Crippen LogP contribution in [-0.2, 0) is 10.1 Å². The largest absolute Gasteiger partial charge is 0.344 e. The van der Waals surface area contributed by atoms with Gasteiger partial charge in [-0.05, 0) is 31.6 Å². The molecule has 1 aliphatic carbocycles. The normalized spacial score (nSPS) is 21.9. The number of Topliss-reactive ketones (excluding diaryl/α,β-unsaturated/α-hetero) is 1. The Bertz CT molecular complexity index is 566. The van der Waals surface area contributed by atoms with E-state index in [0.717, 1.165) is 25.7 Å². The lowest BCUT2D eigenvalue weighted by molar-refractivity contribution is 0.0983. The molecule has 7 heteroatoms. The number of rotatable bonds is 6. The number of nitrogens with one attached hydrogen (secondary N) is 1. The summed E-state index contributed by atoms with van der Waals surface area (Å²) in [5.74, 6) is -0.0543. The molecule has 0 saturated heterocycles. The summed E-state index contributed by atoms with van der Waals surface area (Å²) in [5, 5.41) is 3.24. The van der Waals surface area contributed by atoms with Crippen LogP contribution in [0.4, 0.5) is 0 Å². The Morgan fingerprint density at radius 3 is 2.27 bits per heavy atom. The second-order valence-corrected chi connectivity index (χ2v) is 7.13. The van der Waals surface area contributed by atoms with Gasteiger partial charge in [-0.25, -0.2) is 0 Å². The molecular formula is C15H24N2O4S. The Hall–Kier alpha value is -1.28. The van der Waals surface area contributed by atoms with E-state index in [1.54, 1.807) is 12.1 Å². The SMILES string of the molecule is N.O=C(CN[C@H]1CC[C@H](CS(=O)(=O)O)CC1)c1ccccc1. The Labute approximate surface area is 131 Å². The molecule has 0 heterocycles. The van der Waals surface area contributed by atoms with Crippen LogP contribution >= 0.6 is 0 Å². The first-order valence-corrected chi connectivity index (χ1v) is 8.82. The zero-order valence-corrected chi connectivity index (χ0v) is 13.4. The molecule has 6 nitrogen and oxygen atoms in total. The van der Waals surface area contributed by atoms with E-state index in [0.29, 0.717) is 12.1 Å². The Balaban J connectivity index is 0.00000242. The third kappa shape index (κ3) is 6.23. The molecule has 22 heavy (non-hydrogen) atoms. The van der Waals surface area contributed by atoms with Gasteiger partial charge in [0.05, 0.1) is 12.3 Å². The highest BCUT2D eigenvalue weighted by Crippen LogP contribution is 2.25. The quantitative estimate of drug-likeness (QED) is 0.543. The van der Waals surface area contributed by atoms with Crippen LogP contribution in [0.2, 0.25) is 0 Å². The summed E-state index contributed by atoms with van der Waals surface area (Å²) in [6.45, 7) is 0.303. The average molecular weight is 328 g/mol. The van der Waals surface area contributed by atoms with Crippen molar-refractivity contribution in [3.8, 4) is 0 Å². The van der Waals surface area contributed by atoms with Crippen molar-refractivity contribution in [3.05, 3.63) is 35.9 Å². The van der Waals surface area contributed by atoms with Crippen LogP contribution in [-0.4, -0.2) is 37.1 Å². The first-order valence-electron chi connectivity index (χ1n) is 7.21. The zero-order chi connectivity index (χ0) is 15.3. The summed E-state index contributed by atoms with van der Waals surface area (Å²) in [5.41, 5.74) is 0.699. The molecule has 0 amide bonds. The standard InChI is InChI=1S/C15H21NO4S.H3N/c17-15(13-4-2-1-3-5-13)10-16-14-8-6-12(7-9-14)11-21(18,19)20;/h1-5,12,14,16H,6-11H2,(H,18,19,20);1H3/t12-,14-;. The van der Waals surface area contributed by atoms with Crippen molar-refractivity contribution in [2.75, 3.05) is 12.3 Å². The van der Waals surface area contributed by atoms with E-state index in [1.165, 1.54) is 0 Å². The fraction of sp³-hybridized carbons (Fsp3) is 0.533. The number of carbonyl (C=O) groups is 1. The highest BCUT2D eigenvalue weighted by Gasteiger charge is 2.24. The maximum Gasteiger partial charge on any atom is 0.265 e. The molecule has 1 fully saturated rings. The van der Waals surface area contributed by atoms with Crippen molar-refractivity contribution in [2.24, 2.45) is 5.92 Å². The maximum atomic E-state index is 12.0. The van der Waals surface area contributed by atoms with Gasteiger partial charge in [0, 0.05) is 11.6 Å². The third-order valence-corrected chi connectivity index (χ3v) is 4.83. The van der Waals surface area contributed by atoms with Crippen LogP contribution in [0.15, 0.2) is 30.3 Å². The number of hydrogen-bond donors (Lipinski definition) is 3. The van der Waals surface area contributed by atoms with E-state index in [9.17, 15) is 13.2 Å². The number of ketones is 1. The first-order chi connectivity index (χ1) is 9.94. The first kappa shape index (κ1) is 18.8. The van der Waals surface area contributed by atoms with Gasteiger partial charge in [0.25, 0.3) is 10.1 Å². The number of carbonyl (C=O) groups excluding carboxylic acids is 1. The summed E-state index contributed by atoms with van der Waals surface area (Å²) < 4.78 is 30.5. The Morgan fingerprint density at radius 2 is 1.73 bits per heavy atom. The van der Waals surface area contributed by atoms with Gasteiger partial charge in [0.2, 0.25) is 0 Å². The molecule has 1 aromatic carbocycles. The van der Waals surface area contributed by atoms with E-state index in [2.05, 4.69) is 5.32 Å². The van der Waals surface area contributed by atoms with Crippen molar-refractivity contribution < 1.29 is 17.8 Å². The molecule has 0 unspecified atom stereocenters. The second kappa shape index (κ2) is 8.38. The van der Waals surface area contributed by atoms with Gasteiger partial charge in [-0.15, -0.1) is 0 Å². The number of benzene rings is 1. The fourth-order valence-corrected chi connectivity index (χ4v) is 3.72. The van der Waals surface area contributed by atoms with Crippen LogP contribution in [0.3, 0.4) is 0 Å². The highest BCUT2D eigenvalue weighted by molar-refractivity contribution is 7.85. The van der Waals surface area contributed by atoms with Crippen LogP contribution in [0.25, 0.3) is 0 Å². The van der Waals surface area contributed by atoms with Gasteiger partial charge in [-0.1, -0.05) is 30.3 Å². The molecule has 0 atom stereocenters. The summed E-state index contributed by atoms with van der Waals surface area (Å²) in [6.07, 6.45) is 3.19. The van der Waals surface area contributed by atoms with Crippen molar-refractivity contribution in [1.29, 1.82) is 0 Å². The Kier molecular flexibility index (Phi) is 7.15. The second-order valence-electron chi connectivity index (χ2n) is 5.64. The molecule has 1 aromatic rings. The molecule has 5 N–H and O–H groups in total. The summed E-state index contributed by atoms with van der Waals surface area (Å²) in [4.78, 5) is 12.0. The molecular weight excluding hydrogens is 304 g/mol. The van der Waals surface area contributed by atoms with Crippen molar-refractivity contribution >= 4 is 15.9 Å². The van der Waals surface area contributed by atoms with Gasteiger partial charge in [0.1, 0.15) is 0 Å². The lowest BCUT2D eigenvalue weighted by atomic mass is 9.87. The maximum absolute atomic E-state index is 12.0. The van der Waals surface area contributed by atoms with E-state index in [-0.39, 0.29) is 29.6 Å². The van der Waals surface area contributed by atoms with Crippen LogP contribution in [0, 0.1) is 5.92 Å². The van der Waals surface area contributed by atoms with E-state index >= 15 is 0 Å². The molecule has 2 rings (SSSR count). The molecule has 0 spiro atoms. The van der Waals surface area contributed by atoms with Crippen LogP contribution < -0.4 is 11.5 Å². The van der Waals surface area contributed by atoms with E-state index < -0.39 is 10.1 Å². The van der Waals surface area contributed by atoms with E-state index in [4.69, 9.17) is 4.55 Å². The lowest BCUT2D eigenvalue weighted by Gasteiger charge is -2.28. The van der Waals surface area contributed by atoms with Crippen molar-refractivity contribution in [3.63, 3.8) is 0 Å². The lowest BCUT2D eigenvalue weighted by Crippen LogP contribution is -2.37. The van der Waals surface area contributed by atoms with Gasteiger partial charge < -0.3 is 11.5 Å². The topological polar surface area (TPSA) is 118 Å². The predicted molar refractivity (Wildman–Crippen MR) is 86.0 cm³/mol. The van der Waals surface area contributed by atoms with Crippen molar-refractivity contribution in [2.45, 2.75) is 31.7 Å². The minimum atomic E-state index is -3.88. The monoisotopic (exact) mass is 328 g/mol. The minimum absolute atomic E-state index is 0. The molecule has 0 aliphatic heterocycles. The molecule has 0 bridgehead atoms. The third-order valence-electron chi connectivity index (χ3n) is 3.94. The predicted octanol–water partition coefficient (Wildman–Crippen LogP) is 2.07. The minimum Gasteiger partial charge on any atom is -0.344 e. The molecule has 1 aliphatic rings. The van der Waals surface area contributed by atoms with Crippen LogP contribution in [0.5, 0.6) is 0 Å². The number of hydrogen-bond acceptors (Lipinski definition) is 5. The fourth-order valence-electron chi connectivity index (χ4n) is 2.79. The average Bonchev–Trinajstić information content (AvgIpc) is 2.45. The zero-order valence-electron chi connectivity index (χ0n) is 12.6. The molecule has 0 aromatic heterocycles. The Morgan fingerprint density at radius 1 is 1.14 bits per heavy atom. The summed E-state index contributed by atoms with van der Waals surface area (Å²) >= 11 is 0. The van der Waals surface area contributed by atoms with Crippen LogP contribution in [0.1, 0.15) is 36.0 Å². The van der Waals surface area contributed by atoms with Gasteiger partial charge >= 0.3 is 0 Å². The molecule has 0 radical (unpaired) electrons.